The van der Waals surface area contributed by atoms with Crippen LogP contribution in [0.1, 0.15) is 34.3 Å². The average molecular weight is 675 g/mol. The lowest BCUT2D eigenvalue weighted by Gasteiger charge is -2.12. The average Bonchev–Trinajstić information content (AvgIpc) is 4.11. The van der Waals surface area contributed by atoms with Gasteiger partial charge in [-0.05, 0) is 83.8 Å². The zero-order valence-corrected chi connectivity index (χ0v) is 25.8. The first-order valence-corrected chi connectivity index (χ1v) is 15.5. The first kappa shape index (κ1) is 13.1. The van der Waals surface area contributed by atoms with E-state index in [0.29, 0.717) is 0 Å². The Kier molecular flexibility index (Phi) is 2.79. The van der Waals surface area contributed by atoms with Crippen molar-refractivity contribution in [2.75, 3.05) is 0 Å². The molecule has 238 valence electrons. The molecule has 51 heavy (non-hydrogen) atoms. The van der Waals surface area contributed by atoms with Gasteiger partial charge < -0.3 is 13.7 Å². The number of rotatable bonds is 4. The summed E-state index contributed by atoms with van der Waals surface area (Å²) in [4.78, 5) is 0. The van der Waals surface area contributed by atoms with Crippen LogP contribution in [0.15, 0.2) is 187 Å². The van der Waals surface area contributed by atoms with Crippen LogP contribution in [0.4, 0.5) is 0 Å². The van der Waals surface area contributed by atoms with Gasteiger partial charge in [-0.15, -0.1) is 0 Å². The van der Waals surface area contributed by atoms with Crippen molar-refractivity contribution < 1.29 is 34.3 Å². The van der Waals surface area contributed by atoms with Crippen molar-refractivity contribution in [3.8, 4) is 28.2 Å². The van der Waals surface area contributed by atoms with Gasteiger partial charge in [-0.1, -0.05) is 115 Å². The van der Waals surface area contributed by atoms with Crippen molar-refractivity contribution in [1.82, 2.24) is 13.7 Å². The summed E-state index contributed by atoms with van der Waals surface area (Å²) in [5, 5.41) is -0.631. The van der Waals surface area contributed by atoms with Crippen LogP contribution in [0.25, 0.3) is 93.6 Å². The molecule has 11 rings (SSSR count). The van der Waals surface area contributed by atoms with Gasteiger partial charge in [0.05, 0.1) is 67.4 Å². The van der Waals surface area contributed by atoms with Gasteiger partial charge in [0.1, 0.15) is 0 Å². The molecular weight excluding hydrogens is 619 g/mol. The molecule has 3 nitrogen and oxygen atoms in total. The number of para-hydroxylation sites is 4. The van der Waals surface area contributed by atoms with Crippen LogP contribution >= 0.6 is 0 Å². The van der Waals surface area contributed by atoms with Gasteiger partial charge >= 0.3 is 0 Å². The number of benzene rings is 8. The Morgan fingerprint density at radius 2 is 0.686 bits per heavy atom. The minimum Gasteiger partial charge on any atom is -0.309 e. The van der Waals surface area contributed by atoms with Crippen molar-refractivity contribution in [3.63, 3.8) is 0 Å². The standard InChI is InChI=1S/C48H31N3/c1-2-13-32(14-3-1)33-15-12-16-34(29-33)49-47-27-25-35(50-43-21-8-4-17-37(43)38-18-5-9-22-44(38)50)30-41(47)42-31-36(26-28-48(42)49)51-45-23-10-6-19-39(45)40-20-7-11-24-46(40)51/h1-31H/i1D,2D,3D,4D,5D,6D,7D,8D,9D,10D,11D,12D,13D,14D,15D,16D,17D,18D,19D,20D,21D,22D,23D,24D,29D. The Morgan fingerprint density at radius 3 is 1.16 bits per heavy atom. The van der Waals surface area contributed by atoms with Gasteiger partial charge in [0.25, 0.3) is 0 Å². The molecule has 0 unspecified atom stereocenters. The molecule has 3 heteroatoms. The molecule has 0 fully saturated rings. The summed E-state index contributed by atoms with van der Waals surface area (Å²) in [6.07, 6.45) is 0. The monoisotopic (exact) mass is 674 g/mol. The van der Waals surface area contributed by atoms with E-state index in [1.165, 1.54) is 50.1 Å². The molecular formula is C48H31N3. The maximum atomic E-state index is 9.70. The summed E-state index contributed by atoms with van der Waals surface area (Å²) in [5.74, 6) is 0. The predicted molar refractivity (Wildman–Crippen MR) is 215 cm³/mol. The first-order valence-electron chi connectivity index (χ1n) is 28.0. The third kappa shape index (κ3) is 4.12. The smallest absolute Gasteiger partial charge is 0.0651 e. The van der Waals surface area contributed by atoms with Crippen molar-refractivity contribution in [2.24, 2.45) is 0 Å². The Bertz CT molecular complexity index is 4190. The summed E-state index contributed by atoms with van der Waals surface area (Å²) in [5.41, 5.74) is -2.29. The van der Waals surface area contributed by atoms with Crippen molar-refractivity contribution >= 4 is 65.4 Å². The van der Waals surface area contributed by atoms with E-state index < -0.39 is 168 Å². The molecule has 0 aliphatic rings. The van der Waals surface area contributed by atoms with Crippen molar-refractivity contribution in [3.05, 3.63) is 187 Å². The Labute approximate surface area is 329 Å². The van der Waals surface area contributed by atoms with E-state index in [1.54, 1.807) is 0 Å². The van der Waals surface area contributed by atoms with Gasteiger partial charge in [0.2, 0.25) is 0 Å². The van der Waals surface area contributed by atoms with Gasteiger partial charge in [-0.25, -0.2) is 0 Å². The molecule has 3 aromatic heterocycles. The lowest BCUT2D eigenvalue weighted by atomic mass is 10.1. The summed E-state index contributed by atoms with van der Waals surface area (Å²) < 4.78 is 225. The molecule has 0 saturated carbocycles. The highest BCUT2D eigenvalue weighted by molar-refractivity contribution is 6.14. The normalized spacial score (nSPS) is 18.8. The number of aromatic nitrogens is 3. The molecule has 0 spiro atoms. The molecule has 0 radical (unpaired) electrons. The molecule has 0 aliphatic carbocycles. The molecule has 8 aromatic carbocycles. The fraction of sp³-hybridized carbons (Fsp3) is 0. The minimum absolute atomic E-state index is 0.0341. The van der Waals surface area contributed by atoms with Crippen LogP contribution < -0.4 is 0 Å². The Balaban J connectivity index is 1.35. The second-order valence-electron chi connectivity index (χ2n) is 11.5. The summed E-state index contributed by atoms with van der Waals surface area (Å²) in [6.45, 7) is 0. The van der Waals surface area contributed by atoms with Crippen molar-refractivity contribution in [2.45, 2.75) is 0 Å². The predicted octanol–water partition coefficient (Wildman–Crippen LogP) is 12.6. The van der Waals surface area contributed by atoms with E-state index in [0.717, 1.165) is 0 Å². The number of hydrogen-bond donors (Lipinski definition) is 0. The second-order valence-corrected chi connectivity index (χ2v) is 11.5. The third-order valence-electron chi connectivity index (χ3n) is 8.90. The summed E-state index contributed by atoms with van der Waals surface area (Å²) in [7, 11) is 0. The van der Waals surface area contributed by atoms with Gasteiger partial charge in [0, 0.05) is 49.4 Å². The quantitative estimate of drug-likeness (QED) is 0.176. The van der Waals surface area contributed by atoms with E-state index in [2.05, 4.69) is 0 Å². The highest BCUT2D eigenvalue weighted by atomic mass is 15.0. The summed E-state index contributed by atoms with van der Waals surface area (Å²) >= 11 is 0. The molecule has 3 heterocycles. The first-order chi connectivity index (χ1) is 35.7. The van der Waals surface area contributed by atoms with E-state index in [4.69, 9.17) is 31.5 Å². The Hall–Kier alpha value is -6.84. The third-order valence-corrected chi connectivity index (χ3v) is 8.90. The second kappa shape index (κ2) is 10.8. The van der Waals surface area contributed by atoms with Crippen LogP contribution in [0, 0.1) is 0 Å². The zero-order chi connectivity index (χ0) is 55.2. The molecule has 0 atom stereocenters. The van der Waals surface area contributed by atoms with Crippen LogP contribution in [-0.4, -0.2) is 13.7 Å². The molecule has 0 aliphatic heterocycles. The lowest BCUT2D eigenvalue weighted by molar-refractivity contribution is 1.16. The SMILES string of the molecule is [2H]c1c([2H])c([2H])c(-c2c([2H])c([2H])c([2H])c(-n3c4ccc(-n5c6c([2H])c([2H])c([2H])c([2H])c6c6c([2H])c([2H])c([2H])c([2H])c65)cc4c4cc(-n5c6c([2H])c([2H])c([2H])c([2H])c6c6c([2H])c([2H])c([2H])c([2H])c65)ccc43)c2[2H])c([2H])c1[2H]. The number of hydrogen-bond acceptors (Lipinski definition) is 0. The van der Waals surface area contributed by atoms with Crippen molar-refractivity contribution in [1.29, 1.82) is 0 Å². The highest BCUT2D eigenvalue weighted by Gasteiger charge is 2.19. The molecule has 0 saturated heterocycles. The highest BCUT2D eigenvalue weighted by Crippen LogP contribution is 2.39. The Morgan fingerprint density at radius 1 is 0.294 bits per heavy atom. The van der Waals surface area contributed by atoms with Gasteiger partial charge in [-0.3, -0.25) is 0 Å². The van der Waals surface area contributed by atoms with Crippen LogP contribution in [0.2, 0.25) is 0 Å². The fourth-order valence-corrected chi connectivity index (χ4v) is 6.82. The molecule has 11 aromatic rings. The van der Waals surface area contributed by atoms with Gasteiger partial charge in [-0.2, -0.15) is 0 Å². The summed E-state index contributed by atoms with van der Waals surface area (Å²) in [6, 6.07) is -8.63. The largest absolute Gasteiger partial charge is 0.309 e. The zero-order valence-electron chi connectivity index (χ0n) is 50.8. The molecule has 0 N–H and O–H groups in total. The topological polar surface area (TPSA) is 14.8 Å². The van der Waals surface area contributed by atoms with Crippen LogP contribution in [0.5, 0.6) is 0 Å². The fourth-order valence-electron chi connectivity index (χ4n) is 6.82. The van der Waals surface area contributed by atoms with Gasteiger partial charge in [0.15, 0.2) is 0 Å². The van der Waals surface area contributed by atoms with E-state index in [-0.39, 0.29) is 76.8 Å². The van der Waals surface area contributed by atoms with E-state index in [9.17, 15) is 2.74 Å². The van der Waals surface area contributed by atoms with E-state index >= 15 is 0 Å². The maximum Gasteiger partial charge on any atom is 0.0651 e. The molecule has 0 bridgehead atoms. The number of fused-ring (bicyclic) bond motifs is 9. The van der Waals surface area contributed by atoms with Crippen LogP contribution in [-0.2, 0) is 0 Å². The van der Waals surface area contributed by atoms with E-state index in [1.807, 2.05) is 0 Å². The lowest BCUT2D eigenvalue weighted by Crippen LogP contribution is -1.96. The number of nitrogens with zero attached hydrogens (tertiary/aromatic N) is 3. The maximum absolute atomic E-state index is 9.70. The van der Waals surface area contributed by atoms with Crippen LogP contribution in [0.3, 0.4) is 0 Å². The molecule has 0 amide bonds. The minimum atomic E-state index is -0.807.